The van der Waals surface area contributed by atoms with E-state index in [0.29, 0.717) is 0 Å². The van der Waals surface area contributed by atoms with Gasteiger partial charge in [0, 0.05) is 6.54 Å². The Labute approximate surface area is 77.7 Å². The zero-order valence-corrected chi connectivity index (χ0v) is 7.86. The number of hydrogen-bond acceptors (Lipinski definition) is 4. The smallest absolute Gasteiger partial charge is 0.213 e. The molecule has 1 atom stereocenters. The first-order valence-corrected chi connectivity index (χ1v) is 4.71. The van der Waals surface area contributed by atoms with Crippen LogP contribution >= 0.6 is 0 Å². The molecule has 0 aliphatic carbocycles. The zero-order valence-electron chi connectivity index (χ0n) is 7.86. The van der Waals surface area contributed by atoms with Crippen molar-refractivity contribution in [1.29, 1.82) is 0 Å². The molecule has 1 aromatic rings. The van der Waals surface area contributed by atoms with Crippen molar-refractivity contribution in [3.8, 4) is 0 Å². The lowest BCUT2D eigenvalue weighted by Gasteiger charge is -2.29. The molecule has 0 spiro atoms. The van der Waals surface area contributed by atoms with Crippen LogP contribution in [-0.2, 0) is 0 Å². The lowest BCUT2D eigenvalue weighted by atomic mass is 10.0. The van der Waals surface area contributed by atoms with Crippen LogP contribution in [-0.4, -0.2) is 16.5 Å². The van der Waals surface area contributed by atoms with E-state index in [9.17, 15) is 0 Å². The van der Waals surface area contributed by atoms with Gasteiger partial charge in [0.15, 0.2) is 0 Å². The minimum absolute atomic E-state index is 0.183. The number of rotatable bonds is 1. The van der Waals surface area contributed by atoms with Crippen LogP contribution in [0.1, 0.15) is 37.0 Å². The molecule has 1 aromatic heterocycles. The minimum Gasteiger partial charge on any atom is -0.444 e. The highest BCUT2D eigenvalue weighted by Crippen LogP contribution is 2.27. The molecule has 0 radical (unpaired) electrons. The molecule has 0 bridgehead atoms. The molecule has 72 valence electrons. The quantitative estimate of drug-likeness (QED) is 0.665. The van der Waals surface area contributed by atoms with E-state index in [1.807, 2.05) is 11.9 Å². The highest BCUT2D eigenvalue weighted by Gasteiger charge is 2.24. The molecular formula is C9H15N3O. The van der Waals surface area contributed by atoms with Gasteiger partial charge in [-0.2, -0.15) is 0 Å². The van der Waals surface area contributed by atoms with Crippen LogP contribution in [0, 0.1) is 6.92 Å². The lowest BCUT2D eigenvalue weighted by molar-refractivity contribution is 0.126. The Balaban J connectivity index is 2.14. The van der Waals surface area contributed by atoms with Crippen molar-refractivity contribution in [3.05, 3.63) is 17.8 Å². The number of piperidine rings is 1. The van der Waals surface area contributed by atoms with Crippen molar-refractivity contribution >= 4 is 0 Å². The van der Waals surface area contributed by atoms with E-state index in [-0.39, 0.29) is 6.04 Å². The summed E-state index contributed by atoms with van der Waals surface area (Å²) < 4.78 is 5.46. The summed E-state index contributed by atoms with van der Waals surface area (Å²) >= 11 is 0. The second-order valence-corrected chi connectivity index (χ2v) is 3.56. The molecule has 4 nitrogen and oxygen atoms in total. The highest BCUT2D eigenvalue weighted by molar-refractivity contribution is 4.97. The molecule has 2 rings (SSSR count). The summed E-state index contributed by atoms with van der Waals surface area (Å²) in [6.07, 6.45) is 5.18. The van der Waals surface area contributed by atoms with Gasteiger partial charge in [-0.25, -0.2) is 9.99 Å². The second kappa shape index (κ2) is 3.47. The summed E-state index contributed by atoms with van der Waals surface area (Å²) in [5, 5.41) is 1.83. The van der Waals surface area contributed by atoms with Crippen molar-refractivity contribution in [2.24, 2.45) is 5.84 Å². The number of oxazole rings is 1. The number of nitrogens with zero attached hydrogens (tertiary/aromatic N) is 2. The monoisotopic (exact) mass is 181 g/mol. The summed E-state index contributed by atoms with van der Waals surface area (Å²) in [4.78, 5) is 4.20. The summed E-state index contributed by atoms with van der Waals surface area (Å²) in [5.74, 6) is 7.47. The lowest BCUT2D eigenvalue weighted by Crippen LogP contribution is -2.39. The summed E-state index contributed by atoms with van der Waals surface area (Å²) in [7, 11) is 0. The number of aryl methyl sites for hydroxylation is 1. The number of hydrogen-bond donors (Lipinski definition) is 1. The van der Waals surface area contributed by atoms with Gasteiger partial charge in [0.2, 0.25) is 5.89 Å². The second-order valence-electron chi connectivity index (χ2n) is 3.56. The third-order valence-corrected chi connectivity index (χ3v) is 2.47. The predicted molar refractivity (Wildman–Crippen MR) is 48.7 cm³/mol. The molecule has 2 heterocycles. The average Bonchev–Trinajstić information content (AvgIpc) is 2.53. The molecule has 1 aliphatic heterocycles. The van der Waals surface area contributed by atoms with Crippen LogP contribution in [0.2, 0.25) is 0 Å². The molecular weight excluding hydrogens is 166 g/mol. The predicted octanol–water partition coefficient (Wildman–Crippen LogP) is 1.38. The first-order valence-electron chi connectivity index (χ1n) is 4.71. The normalized spacial score (nSPS) is 24.9. The van der Waals surface area contributed by atoms with Crippen LogP contribution in [0.15, 0.2) is 10.6 Å². The molecule has 13 heavy (non-hydrogen) atoms. The Morgan fingerprint density at radius 1 is 1.62 bits per heavy atom. The Bertz CT molecular complexity index is 284. The molecule has 1 saturated heterocycles. The van der Waals surface area contributed by atoms with Gasteiger partial charge in [0.25, 0.3) is 0 Å². The largest absolute Gasteiger partial charge is 0.444 e. The molecule has 0 aromatic carbocycles. The van der Waals surface area contributed by atoms with E-state index in [1.165, 1.54) is 12.8 Å². The van der Waals surface area contributed by atoms with Crippen LogP contribution in [0.3, 0.4) is 0 Å². The van der Waals surface area contributed by atoms with E-state index < -0.39 is 0 Å². The van der Waals surface area contributed by atoms with Gasteiger partial charge in [-0.15, -0.1) is 0 Å². The van der Waals surface area contributed by atoms with E-state index in [0.717, 1.165) is 24.6 Å². The van der Waals surface area contributed by atoms with Gasteiger partial charge in [0.1, 0.15) is 11.8 Å². The maximum absolute atomic E-state index is 5.85. The standard InChI is InChI=1S/C9H15N3O/c1-7-6-11-9(13-7)8-4-2-3-5-12(8)10/h6,8H,2-5,10H2,1H3. The van der Waals surface area contributed by atoms with E-state index in [1.54, 1.807) is 6.20 Å². The van der Waals surface area contributed by atoms with Crippen molar-refractivity contribution in [3.63, 3.8) is 0 Å². The van der Waals surface area contributed by atoms with Gasteiger partial charge >= 0.3 is 0 Å². The summed E-state index contributed by atoms with van der Waals surface area (Å²) in [5.41, 5.74) is 0. The average molecular weight is 181 g/mol. The Morgan fingerprint density at radius 2 is 2.46 bits per heavy atom. The van der Waals surface area contributed by atoms with Crippen LogP contribution < -0.4 is 5.84 Å². The van der Waals surface area contributed by atoms with E-state index in [2.05, 4.69) is 4.98 Å². The van der Waals surface area contributed by atoms with Gasteiger partial charge in [-0.1, -0.05) is 0 Å². The molecule has 0 saturated carbocycles. The fraction of sp³-hybridized carbons (Fsp3) is 0.667. The third kappa shape index (κ3) is 1.73. The van der Waals surface area contributed by atoms with Crippen LogP contribution in [0.4, 0.5) is 0 Å². The van der Waals surface area contributed by atoms with Crippen molar-refractivity contribution in [2.75, 3.05) is 6.54 Å². The maximum Gasteiger partial charge on any atom is 0.213 e. The fourth-order valence-corrected chi connectivity index (χ4v) is 1.75. The van der Waals surface area contributed by atoms with E-state index in [4.69, 9.17) is 10.3 Å². The van der Waals surface area contributed by atoms with E-state index >= 15 is 0 Å². The van der Waals surface area contributed by atoms with Crippen molar-refractivity contribution < 1.29 is 4.42 Å². The minimum atomic E-state index is 0.183. The van der Waals surface area contributed by atoms with Crippen LogP contribution in [0.5, 0.6) is 0 Å². The molecule has 1 aliphatic rings. The van der Waals surface area contributed by atoms with Gasteiger partial charge in [0.05, 0.1) is 6.20 Å². The topological polar surface area (TPSA) is 55.3 Å². The first-order chi connectivity index (χ1) is 6.27. The van der Waals surface area contributed by atoms with Crippen molar-refractivity contribution in [2.45, 2.75) is 32.2 Å². The Hall–Kier alpha value is -0.870. The van der Waals surface area contributed by atoms with Gasteiger partial charge < -0.3 is 4.42 Å². The first kappa shape index (κ1) is 8.72. The Kier molecular flexibility index (Phi) is 2.33. The SMILES string of the molecule is Cc1cnc(C2CCCCN2N)o1. The van der Waals surface area contributed by atoms with Crippen LogP contribution in [0.25, 0.3) is 0 Å². The molecule has 1 fully saturated rings. The summed E-state index contributed by atoms with van der Waals surface area (Å²) in [6, 6.07) is 0.183. The fourth-order valence-electron chi connectivity index (χ4n) is 1.75. The summed E-state index contributed by atoms with van der Waals surface area (Å²) in [6.45, 7) is 2.84. The van der Waals surface area contributed by atoms with Gasteiger partial charge in [-0.3, -0.25) is 5.84 Å². The van der Waals surface area contributed by atoms with Gasteiger partial charge in [-0.05, 0) is 26.2 Å². The number of hydrazine groups is 1. The highest BCUT2D eigenvalue weighted by atomic mass is 16.4. The zero-order chi connectivity index (χ0) is 9.26. The van der Waals surface area contributed by atoms with Crippen molar-refractivity contribution in [1.82, 2.24) is 9.99 Å². The molecule has 1 unspecified atom stereocenters. The Morgan fingerprint density at radius 3 is 3.08 bits per heavy atom. The molecule has 4 heteroatoms. The third-order valence-electron chi connectivity index (χ3n) is 2.47. The number of nitrogens with two attached hydrogens (primary N) is 1. The maximum atomic E-state index is 5.85. The number of aromatic nitrogens is 1. The molecule has 0 amide bonds. The molecule has 2 N–H and O–H groups in total.